The molecule has 2 aromatic heterocycles. The van der Waals surface area contributed by atoms with E-state index in [2.05, 4.69) is 5.10 Å². The lowest BCUT2D eigenvalue weighted by Gasteiger charge is -2.25. The lowest BCUT2D eigenvalue weighted by molar-refractivity contribution is 0.0730. The number of nitrogens with zero attached hydrogens (tertiary/aromatic N) is 4. The molecule has 4 rings (SSSR count). The van der Waals surface area contributed by atoms with E-state index in [-0.39, 0.29) is 10.6 Å². The van der Waals surface area contributed by atoms with Gasteiger partial charge in [0.05, 0.1) is 24.7 Å². The predicted octanol–water partition coefficient (Wildman–Crippen LogP) is 0.874. The van der Waals surface area contributed by atoms with Gasteiger partial charge in [-0.2, -0.15) is 4.31 Å². The summed E-state index contributed by atoms with van der Waals surface area (Å²) in [6, 6.07) is 10.9. The minimum absolute atomic E-state index is 0.0779. The molecule has 1 aliphatic heterocycles. The van der Waals surface area contributed by atoms with Crippen molar-refractivity contribution in [2.75, 3.05) is 26.3 Å². The first-order valence-electron chi connectivity index (χ1n) is 8.68. The molecule has 3 heterocycles. The fourth-order valence-corrected chi connectivity index (χ4v) is 4.58. The van der Waals surface area contributed by atoms with Gasteiger partial charge in [0.2, 0.25) is 10.0 Å². The van der Waals surface area contributed by atoms with E-state index in [0.29, 0.717) is 38.5 Å². The summed E-state index contributed by atoms with van der Waals surface area (Å²) < 4.78 is 34.8. The molecule has 0 radical (unpaired) electrons. The van der Waals surface area contributed by atoms with Crippen LogP contribution in [0.4, 0.5) is 0 Å². The van der Waals surface area contributed by atoms with E-state index in [0.717, 1.165) is 11.1 Å². The number of ether oxygens (including phenoxy) is 1. The van der Waals surface area contributed by atoms with Crippen LogP contribution < -0.4 is 5.69 Å². The van der Waals surface area contributed by atoms with Crippen LogP contribution in [0.3, 0.4) is 0 Å². The van der Waals surface area contributed by atoms with Crippen LogP contribution in [0, 0.1) is 6.92 Å². The zero-order valence-corrected chi connectivity index (χ0v) is 15.7. The van der Waals surface area contributed by atoms with Crippen molar-refractivity contribution in [3.05, 3.63) is 64.2 Å². The third-order valence-corrected chi connectivity index (χ3v) is 6.45. The molecule has 0 spiro atoms. The fraction of sp³-hybridized carbons (Fsp3) is 0.333. The Labute approximate surface area is 156 Å². The van der Waals surface area contributed by atoms with Gasteiger partial charge in [-0.05, 0) is 24.6 Å². The molecular formula is C18H20N4O4S. The molecule has 0 atom stereocenters. The van der Waals surface area contributed by atoms with Crippen LogP contribution in [-0.4, -0.2) is 53.2 Å². The number of hydrogen-bond acceptors (Lipinski definition) is 5. The Bertz CT molecular complexity index is 1140. The van der Waals surface area contributed by atoms with Crippen molar-refractivity contribution >= 4 is 15.7 Å². The summed E-state index contributed by atoms with van der Waals surface area (Å²) in [5.41, 5.74) is 2.10. The summed E-state index contributed by atoms with van der Waals surface area (Å²) >= 11 is 0. The normalized spacial score (nSPS) is 16.0. The minimum Gasteiger partial charge on any atom is -0.379 e. The van der Waals surface area contributed by atoms with Gasteiger partial charge in [0.25, 0.3) is 0 Å². The number of morpholine rings is 1. The summed E-state index contributed by atoms with van der Waals surface area (Å²) in [4.78, 5) is 12.8. The maximum atomic E-state index is 12.8. The average molecular weight is 388 g/mol. The molecule has 0 amide bonds. The Kier molecular flexibility index (Phi) is 4.58. The molecule has 0 unspecified atom stereocenters. The Morgan fingerprint density at radius 2 is 1.93 bits per heavy atom. The molecule has 0 saturated carbocycles. The smallest absolute Gasteiger partial charge is 0.350 e. The number of aromatic nitrogens is 3. The molecule has 0 aliphatic carbocycles. The lowest BCUT2D eigenvalue weighted by atomic mass is 10.1. The first-order valence-corrected chi connectivity index (χ1v) is 10.1. The van der Waals surface area contributed by atoms with E-state index in [4.69, 9.17) is 4.74 Å². The van der Waals surface area contributed by atoms with Gasteiger partial charge in [-0.3, -0.25) is 0 Å². The van der Waals surface area contributed by atoms with Crippen molar-refractivity contribution in [1.82, 2.24) is 18.5 Å². The Hall–Kier alpha value is -2.49. The van der Waals surface area contributed by atoms with Crippen LogP contribution >= 0.6 is 0 Å². The third-order valence-electron chi connectivity index (χ3n) is 4.57. The molecule has 1 saturated heterocycles. The quantitative estimate of drug-likeness (QED) is 0.662. The van der Waals surface area contributed by atoms with Crippen molar-refractivity contribution in [2.45, 2.75) is 18.4 Å². The number of aryl methyl sites for hydroxylation is 1. The number of rotatable bonds is 4. The van der Waals surface area contributed by atoms with Crippen LogP contribution in [0.2, 0.25) is 0 Å². The van der Waals surface area contributed by atoms with Crippen molar-refractivity contribution < 1.29 is 13.2 Å². The van der Waals surface area contributed by atoms with E-state index in [1.807, 2.05) is 31.2 Å². The summed E-state index contributed by atoms with van der Waals surface area (Å²) in [6.07, 6.45) is 1.35. The summed E-state index contributed by atoms with van der Waals surface area (Å²) in [7, 11) is -3.67. The van der Waals surface area contributed by atoms with E-state index >= 15 is 0 Å². The molecule has 1 aliphatic rings. The summed E-state index contributed by atoms with van der Waals surface area (Å²) in [5.74, 6) is 0. The van der Waals surface area contributed by atoms with Crippen molar-refractivity contribution in [1.29, 1.82) is 0 Å². The number of benzene rings is 1. The zero-order valence-electron chi connectivity index (χ0n) is 14.9. The molecule has 0 N–H and O–H groups in total. The van der Waals surface area contributed by atoms with Crippen molar-refractivity contribution in [2.24, 2.45) is 0 Å². The van der Waals surface area contributed by atoms with Crippen LogP contribution in [0.1, 0.15) is 11.1 Å². The standard InChI is InChI=1S/C18H20N4O4S/c1-14-3-2-4-15(11-14)12-22-18(23)21-13-16(5-6-17(21)19-22)27(24,25)20-7-9-26-10-8-20/h2-6,11,13H,7-10,12H2,1H3. The van der Waals surface area contributed by atoms with Gasteiger partial charge in [0.1, 0.15) is 0 Å². The highest BCUT2D eigenvalue weighted by Crippen LogP contribution is 2.17. The highest BCUT2D eigenvalue weighted by atomic mass is 32.2. The number of sulfonamides is 1. The molecule has 9 heteroatoms. The van der Waals surface area contributed by atoms with Gasteiger partial charge >= 0.3 is 5.69 Å². The van der Waals surface area contributed by atoms with Gasteiger partial charge in [-0.1, -0.05) is 29.8 Å². The zero-order chi connectivity index (χ0) is 19.0. The maximum absolute atomic E-state index is 12.8. The third kappa shape index (κ3) is 3.41. The monoisotopic (exact) mass is 388 g/mol. The first-order chi connectivity index (χ1) is 12.9. The predicted molar refractivity (Wildman–Crippen MR) is 99.3 cm³/mol. The molecule has 8 nitrogen and oxygen atoms in total. The SMILES string of the molecule is Cc1cccc(Cn2nc3ccc(S(=O)(=O)N4CCOCC4)cn3c2=O)c1. The second kappa shape index (κ2) is 6.91. The van der Waals surface area contributed by atoms with Gasteiger partial charge in [0.15, 0.2) is 5.65 Å². The number of pyridine rings is 1. The Morgan fingerprint density at radius 1 is 1.15 bits per heavy atom. The van der Waals surface area contributed by atoms with Crippen LogP contribution in [-0.2, 0) is 21.3 Å². The Balaban J connectivity index is 1.70. The molecule has 27 heavy (non-hydrogen) atoms. The summed E-state index contributed by atoms with van der Waals surface area (Å²) in [5, 5.41) is 4.31. The first kappa shape index (κ1) is 17.9. The second-order valence-corrected chi connectivity index (χ2v) is 8.48. The molecule has 0 bridgehead atoms. The van der Waals surface area contributed by atoms with Crippen molar-refractivity contribution in [3.63, 3.8) is 0 Å². The van der Waals surface area contributed by atoms with Gasteiger partial charge in [-0.15, -0.1) is 5.10 Å². The highest BCUT2D eigenvalue weighted by molar-refractivity contribution is 7.89. The Morgan fingerprint density at radius 3 is 2.67 bits per heavy atom. The van der Waals surface area contributed by atoms with Crippen LogP contribution in [0.15, 0.2) is 52.3 Å². The van der Waals surface area contributed by atoms with E-state index in [9.17, 15) is 13.2 Å². The highest BCUT2D eigenvalue weighted by Gasteiger charge is 2.27. The lowest BCUT2D eigenvalue weighted by Crippen LogP contribution is -2.40. The molecule has 1 aromatic carbocycles. The fourth-order valence-electron chi connectivity index (χ4n) is 3.17. The topological polar surface area (TPSA) is 85.9 Å². The van der Waals surface area contributed by atoms with Gasteiger partial charge in [0, 0.05) is 19.3 Å². The maximum Gasteiger partial charge on any atom is 0.350 e. The van der Waals surface area contributed by atoms with Gasteiger partial charge < -0.3 is 4.74 Å². The van der Waals surface area contributed by atoms with Crippen LogP contribution in [0.5, 0.6) is 0 Å². The van der Waals surface area contributed by atoms with E-state index in [1.165, 1.54) is 25.7 Å². The van der Waals surface area contributed by atoms with E-state index in [1.54, 1.807) is 6.07 Å². The van der Waals surface area contributed by atoms with Gasteiger partial charge in [-0.25, -0.2) is 22.3 Å². The molecular weight excluding hydrogens is 368 g/mol. The average Bonchev–Trinajstić information content (AvgIpc) is 2.98. The molecule has 142 valence electrons. The summed E-state index contributed by atoms with van der Waals surface area (Å²) in [6.45, 7) is 3.67. The number of fused-ring (bicyclic) bond motifs is 1. The molecule has 3 aromatic rings. The number of hydrogen-bond donors (Lipinski definition) is 0. The molecule has 1 fully saturated rings. The van der Waals surface area contributed by atoms with E-state index < -0.39 is 10.0 Å². The second-order valence-electron chi connectivity index (χ2n) is 6.54. The van der Waals surface area contributed by atoms with Crippen molar-refractivity contribution in [3.8, 4) is 0 Å². The minimum atomic E-state index is -3.67. The van der Waals surface area contributed by atoms with Crippen LogP contribution in [0.25, 0.3) is 5.65 Å². The largest absolute Gasteiger partial charge is 0.379 e.